The van der Waals surface area contributed by atoms with Crippen LogP contribution in [0.3, 0.4) is 0 Å². The molecule has 0 aliphatic heterocycles. The van der Waals surface area contributed by atoms with Gasteiger partial charge in [0.05, 0.1) is 6.10 Å². The standard InChI is InChI=1S/C17H30N2O/c1-7-13-9-10-14(19-12-13)11-15(18-8-2)16(20-6)17(3,4)5/h9-10,12,15-16,18H,7-8,11H2,1-6H3. The number of ether oxygens (including phenoxy) is 1. The number of methoxy groups -OCH3 is 1. The molecule has 0 fully saturated rings. The molecule has 20 heavy (non-hydrogen) atoms. The number of nitrogens with one attached hydrogen (secondary N) is 1. The number of pyridine rings is 1. The van der Waals surface area contributed by atoms with E-state index in [9.17, 15) is 0 Å². The van der Waals surface area contributed by atoms with Crippen LogP contribution >= 0.6 is 0 Å². The summed E-state index contributed by atoms with van der Waals surface area (Å²) in [5, 5.41) is 3.55. The summed E-state index contributed by atoms with van der Waals surface area (Å²) < 4.78 is 5.76. The number of hydrogen-bond acceptors (Lipinski definition) is 3. The lowest BCUT2D eigenvalue weighted by Gasteiger charge is -2.36. The van der Waals surface area contributed by atoms with E-state index < -0.39 is 0 Å². The SMILES string of the molecule is CCNC(Cc1ccc(CC)cn1)C(OC)C(C)(C)C. The first-order chi connectivity index (χ1) is 9.42. The molecular formula is C17H30N2O. The number of aryl methyl sites for hydroxylation is 1. The Balaban J connectivity index is 2.84. The Hall–Kier alpha value is -0.930. The van der Waals surface area contributed by atoms with Crippen molar-refractivity contribution in [1.29, 1.82) is 0 Å². The Morgan fingerprint density at radius 2 is 1.95 bits per heavy atom. The fourth-order valence-electron chi connectivity index (χ4n) is 2.68. The van der Waals surface area contributed by atoms with Crippen LogP contribution < -0.4 is 5.32 Å². The van der Waals surface area contributed by atoms with Crippen LogP contribution in [-0.2, 0) is 17.6 Å². The molecule has 1 heterocycles. The Labute approximate surface area is 124 Å². The molecule has 114 valence electrons. The van der Waals surface area contributed by atoms with Crippen LogP contribution in [0.4, 0.5) is 0 Å². The number of aromatic nitrogens is 1. The highest BCUT2D eigenvalue weighted by atomic mass is 16.5. The van der Waals surface area contributed by atoms with Gasteiger partial charge in [0.1, 0.15) is 0 Å². The maximum Gasteiger partial charge on any atom is 0.0776 e. The molecule has 0 spiro atoms. The maximum atomic E-state index is 5.76. The second-order valence-corrected chi connectivity index (χ2v) is 6.40. The molecule has 0 aliphatic carbocycles. The second-order valence-electron chi connectivity index (χ2n) is 6.40. The minimum absolute atomic E-state index is 0.102. The van der Waals surface area contributed by atoms with Crippen molar-refractivity contribution in [2.75, 3.05) is 13.7 Å². The first-order valence-corrected chi connectivity index (χ1v) is 7.62. The number of nitrogens with zero attached hydrogens (tertiary/aromatic N) is 1. The lowest BCUT2D eigenvalue weighted by atomic mass is 9.83. The van der Waals surface area contributed by atoms with Crippen molar-refractivity contribution in [2.24, 2.45) is 5.41 Å². The lowest BCUT2D eigenvalue weighted by Crippen LogP contribution is -2.49. The minimum Gasteiger partial charge on any atom is -0.379 e. The Morgan fingerprint density at radius 3 is 2.35 bits per heavy atom. The van der Waals surface area contributed by atoms with E-state index in [0.717, 1.165) is 25.1 Å². The summed E-state index contributed by atoms with van der Waals surface area (Å²) in [6, 6.07) is 4.59. The van der Waals surface area contributed by atoms with E-state index in [0.29, 0.717) is 0 Å². The molecule has 0 amide bonds. The predicted molar refractivity (Wildman–Crippen MR) is 85.0 cm³/mol. The van der Waals surface area contributed by atoms with Gasteiger partial charge in [0, 0.05) is 31.5 Å². The van der Waals surface area contributed by atoms with Crippen LogP contribution in [0, 0.1) is 5.41 Å². The van der Waals surface area contributed by atoms with Gasteiger partial charge in [-0.15, -0.1) is 0 Å². The highest BCUT2D eigenvalue weighted by Crippen LogP contribution is 2.26. The van der Waals surface area contributed by atoms with Gasteiger partial charge in [-0.25, -0.2) is 0 Å². The lowest BCUT2D eigenvalue weighted by molar-refractivity contribution is -0.0108. The van der Waals surface area contributed by atoms with E-state index in [1.165, 1.54) is 5.56 Å². The molecule has 3 nitrogen and oxygen atoms in total. The van der Waals surface area contributed by atoms with Gasteiger partial charge in [-0.3, -0.25) is 4.98 Å². The van der Waals surface area contributed by atoms with Gasteiger partial charge in [0.2, 0.25) is 0 Å². The summed E-state index contributed by atoms with van der Waals surface area (Å²) in [5.41, 5.74) is 2.51. The molecule has 2 unspecified atom stereocenters. The van der Waals surface area contributed by atoms with Gasteiger partial charge in [-0.1, -0.05) is 40.7 Å². The fourth-order valence-corrected chi connectivity index (χ4v) is 2.68. The van der Waals surface area contributed by atoms with Crippen molar-refractivity contribution < 1.29 is 4.74 Å². The number of rotatable bonds is 7. The summed E-state index contributed by atoms with van der Waals surface area (Å²) in [6.45, 7) is 11.9. The smallest absolute Gasteiger partial charge is 0.0776 e. The molecule has 1 aromatic rings. The van der Waals surface area contributed by atoms with Crippen molar-refractivity contribution in [2.45, 2.75) is 59.6 Å². The molecule has 2 atom stereocenters. The molecule has 0 bridgehead atoms. The zero-order valence-corrected chi connectivity index (χ0v) is 13.9. The van der Waals surface area contributed by atoms with Crippen molar-refractivity contribution in [3.05, 3.63) is 29.6 Å². The number of likely N-dealkylation sites (N-methyl/N-ethyl adjacent to an activating group) is 1. The van der Waals surface area contributed by atoms with E-state index in [4.69, 9.17) is 4.74 Å². The van der Waals surface area contributed by atoms with Crippen molar-refractivity contribution >= 4 is 0 Å². The van der Waals surface area contributed by atoms with Crippen LogP contribution in [0.2, 0.25) is 0 Å². The molecule has 0 saturated heterocycles. The van der Waals surface area contributed by atoms with Crippen LogP contribution in [0.1, 0.15) is 45.9 Å². The molecule has 1 N–H and O–H groups in total. The van der Waals surface area contributed by atoms with Crippen molar-refractivity contribution in [3.8, 4) is 0 Å². The highest BCUT2D eigenvalue weighted by Gasteiger charge is 2.32. The molecule has 0 radical (unpaired) electrons. The average Bonchev–Trinajstić information content (AvgIpc) is 2.39. The van der Waals surface area contributed by atoms with Gasteiger partial charge >= 0.3 is 0 Å². The van der Waals surface area contributed by atoms with E-state index in [1.807, 2.05) is 6.20 Å². The summed E-state index contributed by atoms with van der Waals surface area (Å²) in [7, 11) is 1.80. The maximum absolute atomic E-state index is 5.76. The van der Waals surface area contributed by atoms with Crippen LogP contribution in [0.15, 0.2) is 18.3 Å². The van der Waals surface area contributed by atoms with Gasteiger partial charge in [0.25, 0.3) is 0 Å². The summed E-state index contributed by atoms with van der Waals surface area (Å²) in [6.07, 6.45) is 4.08. The average molecular weight is 278 g/mol. The normalized spacial score (nSPS) is 15.1. The summed E-state index contributed by atoms with van der Waals surface area (Å²) in [5.74, 6) is 0. The molecule has 0 aromatic carbocycles. The monoisotopic (exact) mass is 278 g/mol. The molecule has 3 heteroatoms. The summed E-state index contributed by atoms with van der Waals surface area (Å²) in [4.78, 5) is 4.57. The predicted octanol–water partition coefficient (Wildman–Crippen LogP) is 3.23. The van der Waals surface area contributed by atoms with E-state index in [-0.39, 0.29) is 17.6 Å². The third-order valence-corrected chi connectivity index (χ3v) is 3.66. The van der Waals surface area contributed by atoms with Gasteiger partial charge in [-0.2, -0.15) is 0 Å². The van der Waals surface area contributed by atoms with E-state index in [2.05, 4.69) is 57.1 Å². The van der Waals surface area contributed by atoms with Crippen molar-refractivity contribution in [3.63, 3.8) is 0 Å². The van der Waals surface area contributed by atoms with Crippen LogP contribution in [-0.4, -0.2) is 30.8 Å². The summed E-state index contributed by atoms with van der Waals surface area (Å²) >= 11 is 0. The first kappa shape index (κ1) is 17.1. The zero-order chi connectivity index (χ0) is 15.2. The topological polar surface area (TPSA) is 34.2 Å². The Kier molecular flexibility index (Phi) is 6.63. The van der Waals surface area contributed by atoms with E-state index >= 15 is 0 Å². The molecule has 0 saturated carbocycles. The van der Waals surface area contributed by atoms with Gasteiger partial charge in [-0.05, 0) is 30.0 Å². The van der Waals surface area contributed by atoms with Crippen LogP contribution in [0.5, 0.6) is 0 Å². The van der Waals surface area contributed by atoms with Gasteiger partial charge in [0.15, 0.2) is 0 Å². The fraction of sp³-hybridized carbons (Fsp3) is 0.706. The minimum atomic E-state index is 0.102. The quantitative estimate of drug-likeness (QED) is 0.831. The number of hydrogen-bond donors (Lipinski definition) is 1. The third-order valence-electron chi connectivity index (χ3n) is 3.66. The zero-order valence-electron chi connectivity index (χ0n) is 13.9. The highest BCUT2D eigenvalue weighted by molar-refractivity contribution is 5.15. The first-order valence-electron chi connectivity index (χ1n) is 7.62. The second kappa shape index (κ2) is 7.75. The molecule has 1 rings (SSSR count). The van der Waals surface area contributed by atoms with Crippen molar-refractivity contribution in [1.82, 2.24) is 10.3 Å². The van der Waals surface area contributed by atoms with E-state index in [1.54, 1.807) is 7.11 Å². The Morgan fingerprint density at radius 1 is 1.25 bits per heavy atom. The molecular weight excluding hydrogens is 248 g/mol. The van der Waals surface area contributed by atoms with Crippen LogP contribution in [0.25, 0.3) is 0 Å². The molecule has 1 aromatic heterocycles. The third kappa shape index (κ3) is 4.88. The largest absolute Gasteiger partial charge is 0.379 e. The molecule has 0 aliphatic rings. The van der Waals surface area contributed by atoms with Gasteiger partial charge < -0.3 is 10.1 Å². The Bertz CT molecular complexity index is 381.